The second-order valence-corrected chi connectivity index (χ2v) is 6.95. The van der Waals surface area contributed by atoms with Crippen molar-refractivity contribution in [2.24, 2.45) is 10.7 Å². The van der Waals surface area contributed by atoms with Gasteiger partial charge in [-0.2, -0.15) is 0 Å². The largest absolute Gasteiger partial charge is 0.370 e. The Kier molecular flexibility index (Phi) is 6.68. The first-order chi connectivity index (χ1) is 12.7. The molecule has 0 saturated carbocycles. The maximum absolute atomic E-state index is 12.4. The Hall–Kier alpha value is -2.31. The van der Waals surface area contributed by atoms with Crippen molar-refractivity contribution in [3.63, 3.8) is 0 Å². The minimum atomic E-state index is 0.165. The van der Waals surface area contributed by atoms with Crippen molar-refractivity contribution in [3.8, 4) is 0 Å². The molecule has 0 unspecified atom stereocenters. The number of rotatable bonds is 4. The minimum absolute atomic E-state index is 0.165. The van der Waals surface area contributed by atoms with E-state index in [0.717, 1.165) is 45.1 Å². The number of carbonyl (C=O) groups is 1. The number of likely N-dealkylation sites (tertiary alicyclic amines) is 1. The Balaban J connectivity index is 1.41. The number of carbonyl (C=O) groups excluding carboxylic acids is 1. The highest BCUT2D eigenvalue weighted by molar-refractivity contribution is 5.79. The average Bonchev–Trinajstić information content (AvgIpc) is 2.98. The number of nitrogens with zero attached hydrogens (tertiary/aromatic N) is 5. The molecule has 2 saturated heterocycles. The van der Waals surface area contributed by atoms with Crippen LogP contribution >= 0.6 is 0 Å². The van der Waals surface area contributed by atoms with Gasteiger partial charge in [-0.25, -0.2) is 4.98 Å². The van der Waals surface area contributed by atoms with Crippen LogP contribution in [0, 0.1) is 0 Å². The van der Waals surface area contributed by atoms with Crippen LogP contribution < -0.4 is 10.6 Å². The first-order valence-corrected chi connectivity index (χ1v) is 9.72. The number of nitrogens with two attached hydrogens (primary N) is 1. The van der Waals surface area contributed by atoms with E-state index in [1.807, 2.05) is 23.1 Å². The van der Waals surface area contributed by atoms with Crippen LogP contribution in [0.2, 0.25) is 0 Å². The van der Waals surface area contributed by atoms with Crippen molar-refractivity contribution in [2.45, 2.75) is 32.1 Å². The number of pyridine rings is 1. The summed E-state index contributed by atoms with van der Waals surface area (Å²) < 4.78 is 0. The predicted octanol–water partition coefficient (Wildman–Crippen LogP) is 1.31. The van der Waals surface area contributed by atoms with Crippen LogP contribution in [0.25, 0.3) is 0 Å². The van der Waals surface area contributed by atoms with Gasteiger partial charge in [0, 0.05) is 51.9 Å². The molecule has 2 aliphatic rings. The van der Waals surface area contributed by atoms with E-state index >= 15 is 0 Å². The summed E-state index contributed by atoms with van der Waals surface area (Å²) >= 11 is 0. The Morgan fingerprint density at radius 2 is 1.73 bits per heavy atom. The summed E-state index contributed by atoms with van der Waals surface area (Å²) in [5, 5.41) is 0. The fourth-order valence-corrected chi connectivity index (χ4v) is 3.55. The quantitative estimate of drug-likeness (QED) is 0.649. The minimum Gasteiger partial charge on any atom is -0.370 e. The van der Waals surface area contributed by atoms with E-state index in [-0.39, 0.29) is 5.91 Å². The standard InChI is InChI=1S/C19H30N6O/c20-19(25-11-5-1-2-6-12-25)22-10-8-18(26)24-15-13-23(14-16-24)17-7-3-4-9-21-17/h3-4,7,9H,1-2,5-6,8,10-16H2,(H2,20,22). The molecule has 2 aliphatic heterocycles. The highest BCUT2D eigenvalue weighted by atomic mass is 16.2. The third-order valence-electron chi connectivity index (χ3n) is 5.14. The summed E-state index contributed by atoms with van der Waals surface area (Å²) in [6.45, 7) is 5.56. The molecule has 0 bridgehead atoms. The van der Waals surface area contributed by atoms with Crippen molar-refractivity contribution in [3.05, 3.63) is 24.4 Å². The van der Waals surface area contributed by atoms with Crippen LogP contribution in [0.15, 0.2) is 29.4 Å². The van der Waals surface area contributed by atoms with Crippen molar-refractivity contribution >= 4 is 17.7 Å². The predicted molar refractivity (Wildman–Crippen MR) is 104 cm³/mol. The maximum Gasteiger partial charge on any atom is 0.224 e. The lowest BCUT2D eigenvalue weighted by molar-refractivity contribution is -0.131. The van der Waals surface area contributed by atoms with Gasteiger partial charge in [-0.1, -0.05) is 18.9 Å². The van der Waals surface area contributed by atoms with E-state index in [9.17, 15) is 4.79 Å². The van der Waals surface area contributed by atoms with Gasteiger partial charge in [-0.15, -0.1) is 0 Å². The van der Waals surface area contributed by atoms with E-state index in [1.54, 1.807) is 6.20 Å². The zero-order chi connectivity index (χ0) is 18.2. The molecule has 3 heterocycles. The molecule has 1 aromatic rings. The zero-order valence-corrected chi connectivity index (χ0v) is 15.5. The fourth-order valence-electron chi connectivity index (χ4n) is 3.55. The summed E-state index contributed by atoms with van der Waals surface area (Å²) in [6.07, 6.45) is 7.13. The molecule has 0 aromatic carbocycles. The monoisotopic (exact) mass is 358 g/mol. The molecule has 1 amide bonds. The van der Waals surface area contributed by atoms with Crippen LogP contribution in [-0.4, -0.2) is 72.5 Å². The lowest BCUT2D eigenvalue weighted by Gasteiger charge is -2.35. The highest BCUT2D eigenvalue weighted by Gasteiger charge is 2.21. The van der Waals surface area contributed by atoms with Gasteiger partial charge in [0.2, 0.25) is 5.91 Å². The highest BCUT2D eigenvalue weighted by Crippen LogP contribution is 2.13. The molecule has 142 valence electrons. The molecule has 1 aromatic heterocycles. The van der Waals surface area contributed by atoms with Crippen LogP contribution in [0.5, 0.6) is 0 Å². The lowest BCUT2D eigenvalue weighted by atomic mass is 10.2. The topological polar surface area (TPSA) is 78.1 Å². The first kappa shape index (κ1) is 18.5. The lowest BCUT2D eigenvalue weighted by Crippen LogP contribution is -2.49. The normalized spacial score (nSPS) is 19.4. The summed E-state index contributed by atoms with van der Waals surface area (Å²) in [5.74, 6) is 1.74. The van der Waals surface area contributed by atoms with Crippen molar-refractivity contribution in [1.29, 1.82) is 0 Å². The smallest absolute Gasteiger partial charge is 0.224 e. The van der Waals surface area contributed by atoms with Gasteiger partial charge in [0.15, 0.2) is 5.96 Å². The van der Waals surface area contributed by atoms with Crippen LogP contribution in [0.4, 0.5) is 5.82 Å². The Morgan fingerprint density at radius 1 is 1.00 bits per heavy atom. The van der Waals surface area contributed by atoms with Gasteiger partial charge >= 0.3 is 0 Å². The molecule has 0 spiro atoms. The van der Waals surface area contributed by atoms with Crippen LogP contribution in [-0.2, 0) is 4.79 Å². The molecule has 0 radical (unpaired) electrons. The van der Waals surface area contributed by atoms with Gasteiger partial charge in [-0.3, -0.25) is 9.79 Å². The number of amides is 1. The molecular weight excluding hydrogens is 328 g/mol. The zero-order valence-electron chi connectivity index (χ0n) is 15.5. The summed E-state index contributed by atoms with van der Waals surface area (Å²) in [6, 6.07) is 5.92. The summed E-state index contributed by atoms with van der Waals surface area (Å²) in [7, 11) is 0. The van der Waals surface area contributed by atoms with Gasteiger partial charge in [0.05, 0.1) is 6.54 Å². The average molecular weight is 358 g/mol. The molecule has 0 aliphatic carbocycles. The Bertz CT molecular complexity index is 589. The molecular formula is C19H30N6O. The molecule has 2 N–H and O–H groups in total. The molecule has 26 heavy (non-hydrogen) atoms. The summed E-state index contributed by atoms with van der Waals surface area (Å²) in [5.41, 5.74) is 6.10. The number of aromatic nitrogens is 1. The van der Waals surface area contributed by atoms with Crippen molar-refractivity contribution in [1.82, 2.24) is 14.8 Å². The van der Waals surface area contributed by atoms with Crippen molar-refractivity contribution in [2.75, 3.05) is 50.7 Å². The molecule has 0 atom stereocenters. The Morgan fingerprint density at radius 3 is 2.38 bits per heavy atom. The van der Waals surface area contributed by atoms with Gasteiger partial charge in [-0.05, 0) is 25.0 Å². The second kappa shape index (κ2) is 9.40. The van der Waals surface area contributed by atoms with E-state index in [0.29, 0.717) is 18.9 Å². The van der Waals surface area contributed by atoms with E-state index in [1.165, 1.54) is 25.7 Å². The number of anilines is 1. The number of piperazine rings is 1. The molecule has 7 heteroatoms. The molecule has 7 nitrogen and oxygen atoms in total. The number of hydrogen-bond acceptors (Lipinski definition) is 4. The van der Waals surface area contributed by atoms with Gasteiger partial charge in [0.25, 0.3) is 0 Å². The third-order valence-corrected chi connectivity index (χ3v) is 5.14. The SMILES string of the molecule is NC(=NCCC(=O)N1CCN(c2ccccn2)CC1)N1CCCCCC1. The van der Waals surface area contributed by atoms with Crippen LogP contribution in [0.1, 0.15) is 32.1 Å². The Labute approximate surface area is 155 Å². The van der Waals surface area contributed by atoms with E-state index in [2.05, 4.69) is 19.8 Å². The van der Waals surface area contributed by atoms with E-state index < -0.39 is 0 Å². The van der Waals surface area contributed by atoms with Crippen LogP contribution in [0.3, 0.4) is 0 Å². The fraction of sp³-hybridized carbons (Fsp3) is 0.632. The molecule has 2 fully saturated rings. The van der Waals surface area contributed by atoms with Gasteiger partial charge < -0.3 is 20.4 Å². The van der Waals surface area contributed by atoms with E-state index in [4.69, 9.17) is 5.73 Å². The first-order valence-electron chi connectivity index (χ1n) is 9.72. The number of guanidine groups is 1. The third kappa shape index (κ3) is 5.09. The number of aliphatic imine (C=N–C) groups is 1. The maximum atomic E-state index is 12.4. The molecule has 3 rings (SSSR count). The van der Waals surface area contributed by atoms with Crippen molar-refractivity contribution < 1.29 is 4.79 Å². The summed E-state index contributed by atoms with van der Waals surface area (Å²) in [4.78, 5) is 27.5. The van der Waals surface area contributed by atoms with Gasteiger partial charge in [0.1, 0.15) is 5.82 Å². The second-order valence-electron chi connectivity index (χ2n) is 6.95. The number of hydrogen-bond donors (Lipinski definition) is 1.